The highest BCUT2D eigenvalue weighted by molar-refractivity contribution is 7.92. The molecule has 0 unspecified atom stereocenters. The Morgan fingerprint density at radius 3 is 2.10 bits per heavy atom. The average molecular weight is 718 g/mol. The fourth-order valence-electron chi connectivity index (χ4n) is 5.64. The largest absolute Gasteiger partial charge is 0.497 e. The zero-order chi connectivity index (χ0) is 37.0. The van der Waals surface area contributed by atoms with E-state index in [4.69, 9.17) is 18.9 Å². The van der Waals surface area contributed by atoms with Crippen LogP contribution >= 0.6 is 0 Å². The molecule has 0 heterocycles. The summed E-state index contributed by atoms with van der Waals surface area (Å²) in [4.78, 5) is 30.2. The predicted molar refractivity (Wildman–Crippen MR) is 197 cm³/mol. The van der Waals surface area contributed by atoms with Crippen LogP contribution < -0.4 is 28.6 Å². The molecule has 0 saturated carbocycles. The molecule has 4 aromatic rings. The number of sulfonamides is 1. The molecular formula is C39H47N3O8S. The molecular weight excluding hydrogens is 671 g/mol. The van der Waals surface area contributed by atoms with Gasteiger partial charge in [0.2, 0.25) is 11.8 Å². The van der Waals surface area contributed by atoms with Crippen molar-refractivity contribution < 1.29 is 37.0 Å². The van der Waals surface area contributed by atoms with Crippen LogP contribution in [0.4, 0.5) is 5.69 Å². The Bertz CT molecular complexity index is 1880. The third-order valence-corrected chi connectivity index (χ3v) is 10.3. The lowest BCUT2D eigenvalue weighted by Gasteiger charge is -2.34. The smallest absolute Gasteiger partial charge is 0.265 e. The van der Waals surface area contributed by atoms with Crippen molar-refractivity contribution in [3.05, 3.63) is 108 Å². The lowest BCUT2D eigenvalue weighted by molar-refractivity contribution is -0.140. The van der Waals surface area contributed by atoms with Gasteiger partial charge in [-0.2, -0.15) is 0 Å². The standard InChI is InChI=1S/C39H47N3O8S/c1-7-8-22-40-39(44)34(23-29-15-10-9-11-16-29)41(26-30-17-13-12-14-28(30)2)38(43)27-42(33-24-31(47-3)18-20-35(33)48-4)51(45,46)32-19-21-36(49-5)37(25-32)50-6/h9-21,24-25,34H,7-8,22-23,26-27H2,1-6H3,(H,40,44)/t34-/m0/s1. The number of carbonyl (C=O) groups is 2. The molecule has 1 N–H and O–H groups in total. The zero-order valence-electron chi connectivity index (χ0n) is 30.0. The molecule has 0 aliphatic heterocycles. The molecule has 2 amide bonds. The predicted octanol–water partition coefficient (Wildman–Crippen LogP) is 5.78. The fraction of sp³-hybridized carbons (Fsp3) is 0.333. The van der Waals surface area contributed by atoms with E-state index in [1.54, 1.807) is 12.1 Å². The maximum Gasteiger partial charge on any atom is 0.265 e. The van der Waals surface area contributed by atoms with Gasteiger partial charge in [-0.25, -0.2) is 8.42 Å². The van der Waals surface area contributed by atoms with E-state index in [1.807, 2.05) is 68.4 Å². The summed E-state index contributed by atoms with van der Waals surface area (Å²) < 4.78 is 52.2. The quantitative estimate of drug-likeness (QED) is 0.129. The van der Waals surface area contributed by atoms with Crippen molar-refractivity contribution in [2.45, 2.75) is 50.6 Å². The summed E-state index contributed by atoms with van der Waals surface area (Å²) in [6, 6.07) is 25.0. The maximum atomic E-state index is 14.9. The first kappa shape index (κ1) is 38.6. The van der Waals surface area contributed by atoms with E-state index >= 15 is 0 Å². The van der Waals surface area contributed by atoms with Gasteiger partial charge >= 0.3 is 0 Å². The van der Waals surface area contributed by atoms with E-state index < -0.39 is 28.5 Å². The van der Waals surface area contributed by atoms with E-state index in [2.05, 4.69) is 5.32 Å². The number of unbranched alkanes of at least 4 members (excludes halogenated alkanes) is 1. The van der Waals surface area contributed by atoms with Gasteiger partial charge in [-0.1, -0.05) is 67.9 Å². The van der Waals surface area contributed by atoms with Crippen LogP contribution in [0.15, 0.2) is 95.9 Å². The van der Waals surface area contributed by atoms with Gasteiger partial charge in [0, 0.05) is 31.6 Å². The van der Waals surface area contributed by atoms with Crippen LogP contribution in [-0.4, -0.2) is 72.7 Å². The highest BCUT2D eigenvalue weighted by Crippen LogP contribution is 2.38. The zero-order valence-corrected chi connectivity index (χ0v) is 30.9. The van der Waals surface area contributed by atoms with Crippen LogP contribution in [0, 0.1) is 6.92 Å². The molecule has 0 bridgehead atoms. The van der Waals surface area contributed by atoms with Gasteiger partial charge in [0.25, 0.3) is 10.0 Å². The van der Waals surface area contributed by atoms with E-state index in [1.165, 1.54) is 57.6 Å². The van der Waals surface area contributed by atoms with Crippen molar-refractivity contribution in [1.29, 1.82) is 0 Å². The number of hydrogen-bond acceptors (Lipinski definition) is 8. The first-order valence-corrected chi connectivity index (χ1v) is 18.1. The first-order chi connectivity index (χ1) is 24.6. The molecule has 0 aromatic heterocycles. The van der Waals surface area contributed by atoms with Crippen LogP contribution in [-0.2, 0) is 32.6 Å². The number of carbonyl (C=O) groups excluding carboxylic acids is 2. The van der Waals surface area contributed by atoms with Crippen molar-refractivity contribution in [1.82, 2.24) is 10.2 Å². The Morgan fingerprint density at radius 1 is 0.784 bits per heavy atom. The summed E-state index contributed by atoms with van der Waals surface area (Å²) in [6.07, 6.45) is 1.85. The van der Waals surface area contributed by atoms with Gasteiger partial charge < -0.3 is 29.2 Å². The number of benzene rings is 4. The second kappa shape index (κ2) is 18.1. The summed E-state index contributed by atoms with van der Waals surface area (Å²) in [7, 11) is 1.24. The summed E-state index contributed by atoms with van der Waals surface area (Å²) >= 11 is 0. The van der Waals surface area contributed by atoms with Crippen molar-refractivity contribution in [2.75, 3.05) is 45.8 Å². The summed E-state index contributed by atoms with van der Waals surface area (Å²) in [6.45, 7) is 3.79. The maximum absolute atomic E-state index is 14.9. The van der Waals surface area contributed by atoms with Crippen LogP contribution in [0.1, 0.15) is 36.5 Å². The monoisotopic (exact) mass is 717 g/mol. The summed E-state index contributed by atoms with van der Waals surface area (Å²) in [5.41, 5.74) is 2.66. The molecule has 0 radical (unpaired) electrons. The van der Waals surface area contributed by atoms with Crippen LogP contribution in [0.25, 0.3) is 0 Å². The Labute approximate surface area is 301 Å². The number of aryl methyl sites for hydroxylation is 1. The van der Waals surface area contributed by atoms with Gasteiger partial charge in [-0.15, -0.1) is 0 Å². The Balaban J connectivity index is 1.89. The summed E-state index contributed by atoms with van der Waals surface area (Å²) in [5, 5.41) is 3.01. The fourth-order valence-corrected chi connectivity index (χ4v) is 7.07. The highest BCUT2D eigenvalue weighted by Gasteiger charge is 2.36. The van der Waals surface area contributed by atoms with Gasteiger partial charge in [-0.3, -0.25) is 13.9 Å². The number of nitrogens with zero attached hydrogens (tertiary/aromatic N) is 2. The van der Waals surface area contributed by atoms with Gasteiger partial charge in [0.15, 0.2) is 11.5 Å². The Morgan fingerprint density at radius 2 is 1.45 bits per heavy atom. The van der Waals surface area contributed by atoms with E-state index in [9.17, 15) is 18.0 Å². The lowest BCUT2D eigenvalue weighted by atomic mass is 10.0. The van der Waals surface area contributed by atoms with E-state index in [0.29, 0.717) is 18.0 Å². The van der Waals surface area contributed by atoms with Crippen molar-refractivity contribution in [3.63, 3.8) is 0 Å². The minimum Gasteiger partial charge on any atom is -0.497 e. The molecule has 0 aliphatic rings. The SMILES string of the molecule is CCCCNC(=O)[C@H](Cc1ccccc1)N(Cc1ccccc1C)C(=O)CN(c1cc(OC)ccc1OC)S(=O)(=O)c1ccc(OC)c(OC)c1. The number of ether oxygens (including phenoxy) is 4. The molecule has 4 rings (SSSR count). The van der Waals surface area contributed by atoms with Gasteiger partial charge in [0.1, 0.15) is 24.1 Å². The van der Waals surface area contributed by atoms with Crippen LogP contribution in [0.2, 0.25) is 0 Å². The molecule has 0 spiro atoms. The molecule has 0 aliphatic carbocycles. The minimum atomic E-state index is -4.49. The normalized spacial score (nSPS) is 11.6. The van der Waals surface area contributed by atoms with Crippen molar-refractivity contribution in [2.24, 2.45) is 0 Å². The van der Waals surface area contributed by atoms with Crippen molar-refractivity contribution in [3.8, 4) is 23.0 Å². The highest BCUT2D eigenvalue weighted by atomic mass is 32.2. The summed E-state index contributed by atoms with van der Waals surface area (Å²) in [5.74, 6) is 0.132. The van der Waals surface area contributed by atoms with Gasteiger partial charge in [0.05, 0.1) is 39.0 Å². The molecule has 1 atom stereocenters. The first-order valence-electron chi connectivity index (χ1n) is 16.7. The number of methoxy groups -OCH3 is 4. The van der Waals surface area contributed by atoms with E-state index in [0.717, 1.165) is 33.8 Å². The van der Waals surface area contributed by atoms with Gasteiger partial charge in [-0.05, 0) is 54.3 Å². The number of anilines is 1. The molecule has 0 fully saturated rings. The van der Waals surface area contributed by atoms with Crippen molar-refractivity contribution >= 4 is 27.5 Å². The number of hydrogen-bond donors (Lipinski definition) is 1. The topological polar surface area (TPSA) is 124 Å². The average Bonchev–Trinajstić information content (AvgIpc) is 3.15. The Hall–Kier alpha value is -5.23. The number of amides is 2. The second-order valence-corrected chi connectivity index (χ2v) is 13.7. The number of nitrogens with one attached hydrogen (secondary N) is 1. The molecule has 4 aromatic carbocycles. The van der Waals surface area contributed by atoms with Crippen LogP contribution in [0.5, 0.6) is 23.0 Å². The minimum absolute atomic E-state index is 0.0592. The molecule has 272 valence electrons. The lowest BCUT2D eigenvalue weighted by Crippen LogP contribution is -2.53. The van der Waals surface area contributed by atoms with Crippen LogP contribution in [0.3, 0.4) is 0 Å². The molecule has 11 nitrogen and oxygen atoms in total. The van der Waals surface area contributed by atoms with E-state index in [-0.39, 0.29) is 41.0 Å². The molecule has 12 heteroatoms. The Kier molecular flexibility index (Phi) is 13.7. The molecule has 51 heavy (non-hydrogen) atoms. The second-order valence-electron chi connectivity index (χ2n) is 11.9. The number of rotatable bonds is 18. The third kappa shape index (κ3) is 9.52. The third-order valence-electron chi connectivity index (χ3n) is 8.58. The molecule has 0 saturated heterocycles.